The van der Waals surface area contributed by atoms with Crippen molar-refractivity contribution < 1.29 is 28.2 Å². The Morgan fingerprint density at radius 3 is 2.40 bits per heavy atom. The highest BCUT2D eigenvalue weighted by Crippen LogP contribution is 2.34. The maximum atomic E-state index is 14.4. The molecule has 2 atom stereocenters. The Kier molecular flexibility index (Phi) is 8.82. The van der Waals surface area contributed by atoms with E-state index in [0.29, 0.717) is 25.1 Å². The molecular formula is C31H34FN3O5. The van der Waals surface area contributed by atoms with Crippen molar-refractivity contribution in [3.63, 3.8) is 0 Å². The Balaban J connectivity index is 1.80. The zero-order valence-electron chi connectivity index (χ0n) is 23.2. The lowest BCUT2D eigenvalue weighted by atomic mass is 9.87. The van der Waals surface area contributed by atoms with Crippen LogP contribution in [-0.2, 0) is 31.1 Å². The van der Waals surface area contributed by atoms with E-state index >= 15 is 0 Å². The summed E-state index contributed by atoms with van der Waals surface area (Å²) in [6.07, 6.45) is 3.38. The lowest BCUT2D eigenvalue weighted by Gasteiger charge is -2.35. The maximum Gasteiger partial charge on any atom is 0.334 e. The number of ether oxygens (including phenoxy) is 2. The molecule has 1 aromatic heterocycles. The molecule has 1 unspecified atom stereocenters. The minimum absolute atomic E-state index is 0.0432. The zero-order valence-corrected chi connectivity index (χ0v) is 23.2. The standard InChI is InChI=1S/C31H34FN3O5/c1-31(2,3)23-12-14-25(15-13-23)35(30(38)34-16-8-11-26(34)28(36)39-4)27(22-17-24(32)19-33-18-22)29(37)40-20-21-9-6-5-7-10-21/h5-7,9-10,12-15,17-19,26-27H,8,11,16,20H2,1-4H3/t26-,27?/m1/s1. The molecule has 0 saturated carbocycles. The molecule has 3 aromatic rings. The minimum Gasteiger partial charge on any atom is -0.467 e. The highest BCUT2D eigenvalue weighted by atomic mass is 19.1. The van der Waals surface area contributed by atoms with Crippen LogP contribution >= 0.6 is 0 Å². The number of carbonyl (C=O) groups excluding carboxylic acids is 3. The van der Waals surface area contributed by atoms with Crippen molar-refractivity contribution in [3.8, 4) is 0 Å². The number of halogens is 1. The van der Waals surface area contributed by atoms with Gasteiger partial charge in [-0.15, -0.1) is 0 Å². The largest absolute Gasteiger partial charge is 0.467 e. The smallest absolute Gasteiger partial charge is 0.334 e. The number of anilines is 1. The minimum atomic E-state index is -1.38. The van der Waals surface area contributed by atoms with E-state index in [1.54, 1.807) is 12.1 Å². The van der Waals surface area contributed by atoms with Crippen LogP contribution in [0.3, 0.4) is 0 Å². The van der Waals surface area contributed by atoms with Crippen molar-refractivity contribution in [1.29, 1.82) is 0 Å². The molecule has 9 heteroatoms. The molecule has 0 radical (unpaired) electrons. The predicted molar refractivity (Wildman–Crippen MR) is 148 cm³/mol. The highest BCUT2D eigenvalue weighted by molar-refractivity contribution is 6.00. The van der Waals surface area contributed by atoms with Gasteiger partial charge in [0.05, 0.1) is 13.3 Å². The van der Waals surface area contributed by atoms with Crippen molar-refractivity contribution in [3.05, 3.63) is 95.6 Å². The van der Waals surface area contributed by atoms with Crippen molar-refractivity contribution in [1.82, 2.24) is 9.88 Å². The van der Waals surface area contributed by atoms with Gasteiger partial charge in [0.25, 0.3) is 0 Å². The molecule has 0 bridgehead atoms. The Bertz CT molecular complexity index is 1340. The van der Waals surface area contributed by atoms with Crippen LogP contribution < -0.4 is 4.90 Å². The molecule has 8 nitrogen and oxygen atoms in total. The number of benzene rings is 2. The number of esters is 2. The molecule has 0 aliphatic carbocycles. The topological polar surface area (TPSA) is 89.0 Å². The third-order valence-corrected chi connectivity index (χ3v) is 6.94. The number of likely N-dealkylation sites (tertiary alicyclic amines) is 1. The van der Waals surface area contributed by atoms with Gasteiger partial charge < -0.3 is 14.4 Å². The fourth-order valence-corrected chi connectivity index (χ4v) is 4.78. The van der Waals surface area contributed by atoms with Gasteiger partial charge in [-0.1, -0.05) is 63.2 Å². The van der Waals surface area contributed by atoms with E-state index in [1.165, 1.54) is 23.1 Å². The second kappa shape index (κ2) is 12.3. The molecule has 1 aliphatic heterocycles. The summed E-state index contributed by atoms with van der Waals surface area (Å²) < 4.78 is 25.0. The van der Waals surface area contributed by atoms with Gasteiger partial charge in [0.1, 0.15) is 18.5 Å². The fourth-order valence-electron chi connectivity index (χ4n) is 4.78. The first kappa shape index (κ1) is 28.7. The lowest BCUT2D eigenvalue weighted by Crippen LogP contribution is -2.51. The van der Waals surface area contributed by atoms with Crippen molar-refractivity contribution in [2.75, 3.05) is 18.6 Å². The van der Waals surface area contributed by atoms with Gasteiger partial charge in [0, 0.05) is 24.0 Å². The Hall–Kier alpha value is -4.27. The summed E-state index contributed by atoms with van der Waals surface area (Å²) in [5, 5.41) is 0. The number of hydrogen-bond donors (Lipinski definition) is 0. The second-order valence-electron chi connectivity index (χ2n) is 10.8. The van der Waals surface area contributed by atoms with Crippen molar-refractivity contribution in [2.45, 2.75) is 57.7 Å². The van der Waals surface area contributed by atoms with Crippen LogP contribution in [-0.4, -0.2) is 47.6 Å². The van der Waals surface area contributed by atoms with Crippen LogP contribution in [0.5, 0.6) is 0 Å². The molecule has 1 saturated heterocycles. The monoisotopic (exact) mass is 547 g/mol. The Morgan fingerprint density at radius 2 is 1.77 bits per heavy atom. The number of amides is 2. The van der Waals surface area contributed by atoms with E-state index in [9.17, 15) is 18.8 Å². The number of rotatable bonds is 7. The highest BCUT2D eigenvalue weighted by Gasteiger charge is 2.42. The number of hydrogen-bond acceptors (Lipinski definition) is 6. The van der Waals surface area contributed by atoms with Crippen LogP contribution in [0.25, 0.3) is 0 Å². The van der Waals surface area contributed by atoms with Gasteiger partial charge in [-0.05, 0) is 47.6 Å². The molecular weight excluding hydrogens is 513 g/mol. The van der Waals surface area contributed by atoms with Crippen LogP contribution in [0.2, 0.25) is 0 Å². The van der Waals surface area contributed by atoms with E-state index in [1.807, 2.05) is 42.5 Å². The predicted octanol–water partition coefficient (Wildman–Crippen LogP) is 5.57. The van der Waals surface area contributed by atoms with E-state index < -0.39 is 35.9 Å². The molecule has 0 spiro atoms. The fraction of sp³-hybridized carbons (Fsp3) is 0.355. The molecule has 1 aliphatic rings. The van der Waals surface area contributed by atoms with Crippen LogP contribution in [0, 0.1) is 5.82 Å². The average molecular weight is 548 g/mol. The lowest BCUT2D eigenvalue weighted by molar-refractivity contribution is -0.146. The van der Waals surface area contributed by atoms with Gasteiger partial charge in [-0.2, -0.15) is 0 Å². The summed E-state index contributed by atoms with van der Waals surface area (Å²) in [5.74, 6) is -1.97. The Morgan fingerprint density at radius 1 is 1.07 bits per heavy atom. The van der Waals surface area contributed by atoms with E-state index in [4.69, 9.17) is 9.47 Å². The van der Waals surface area contributed by atoms with E-state index in [-0.39, 0.29) is 17.6 Å². The summed E-state index contributed by atoms with van der Waals surface area (Å²) in [7, 11) is 1.27. The molecule has 1 fully saturated rings. The van der Waals surface area contributed by atoms with E-state index in [2.05, 4.69) is 25.8 Å². The number of nitrogens with zero attached hydrogens (tertiary/aromatic N) is 3. The summed E-state index contributed by atoms with van der Waals surface area (Å²) >= 11 is 0. The molecule has 210 valence electrons. The number of pyridine rings is 1. The molecule has 0 N–H and O–H groups in total. The molecule has 40 heavy (non-hydrogen) atoms. The summed E-state index contributed by atoms with van der Waals surface area (Å²) in [5.41, 5.74) is 2.15. The SMILES string of the molecule is COC(=O)[C@H]1CCCN1C(=O)N(c1ccc(C(C)(C)C)cc1)C(C(=O)OCc1ccccc1)c1cncc(F)c1. The van der Waals surface area contributed by atoms with Gasteiger partial charge in [0.15, 0.2) is 6.04 Å². The van der Waals surface area contributed by atoms with Gasteiger partial charge in [-0.3, -0.25) is 9.88 Å². The zero-order chi connectivity index (χ0) is 28.9. The molecule has 2 amide bonds. The normalized spacial score (nSPS) is 15.8. The number of methoxy groups -OCH3 is 1. The molecule has 4 rings (SSSR count). The van der Waals surface area contributed by atoms with Crippen molar-refractivity contribution >= 4 is 23.7 Å². The maximum absolute atomic E-state index is 14.4. The quantitative estimate of drug-likeness (QED) is 0.360. The molecule has 2 aromatic carbocycles. The Labute approximate surface area is 233 Å². The van der Waals surface area contributed by atoms with E-state index in [0.717, 1.165) is 23.4 Å². The average Bonchev–Trinajstić information content (AvgIpc) is 3.44. The first-order valence-electron chi connectivity index (χ1n) is 13.2. The van der Waals surface area contributed by atoms with Gasteiger partial charge >= 0.3 is 18.0 Å². The second-order valence-corrected chi connectivity index (χ2v) is 10.8. The number of carbonyl (C=O) groups is 3. The summed E-state index contributed by atoms with van der Waals surface area (Å²) in [6, 6.07) is 14.8. The van der Waals surface area contributed by atoms with Crippen LogP contribution in [0.4, 0.5) is 14.9 Å². The molecule has 2 heterocycles. The van der Waals surface area contributed by atoms with Gasteiger partial charge in [0.2, 0.25) is 0 Å². The number of aromatic nitrogens is 1. The van der Waals surface area contributed by atoms with Crippen molar-refractivity contribution in [2.24, 2.45) is 0 Å². The third kappa shape index (κ3) is 6.47. The van der Waals surface area contributed by atoms with Crippen LogP contribution in [0.15, 0.2) is 73.1 Å². The van der Waals surface area contributed by atoms with Crippen LogP contribution in [0.1, 0.15) is 56.3 Å². The number of urea groups is 1. The van der Waals surface area contributed by atoms with Gasteiger partial charge in [-0.25, -0.2) is 18.8 Å². The first-order valence-corrected chi connectivity index (χ1v) is 13.2. The third-order valence-electron chi connectivity index (χ3n) is 6.94. The summed E-state index contributed by atoms with van der Waals surface area (Å²) in [6.45, 7) is 6.45. The first-order chi connectivity index (χ1) is 19.1. The summed E-state index contributed by atoms with van der Waals surface area (Å²) in [4.78, 5) is 47.2.